The van der Waals surface area contributed by atoms with E-state index in [0.717, 1.165) is 12.0 Å². The number of nitrogens with one attached hydrogen (secondary N) is 1. The molecule has 1 aromatic rings. The molecule has 0 bridgehead atoms. The zero-order valence-electron chi connectivity index (χ0n) is 12.0. The van der Waals surface area contributed by atoms with Crippen LogP contribution in [0.25, 0.3) is 0 Å². The van der Waals surface area contributed by atoms with E-state index in [1.807, 2.05) is 20.8 Å². The summed E-state index contributed by atoms with van der Waals surface area (Å²) in [6, 6.07) is 1.55. The molecule has 7 heteroatoms. The van der Waals surface area contributed by atoms with Gasteiger partial charge in [0.15, 0.2) is 0 Å². The molecule has 1 saturated carbocycles. The smallest absolute Gasteiger partial charge is 0.250 e. The van der Waals surface area contributed by atoms with Gasteiger partial charge in [0.25, 0.3) is 0 Å². The second kappa shape index (κ2) is 5.73. The normalized spacial score (nSPS) is 25.4. The summed E-state index contributed by atoms with van der Waals surface area (Å²) in [5.74, 6) is 0. The van der Waals surface area contributed by atoms with Gasteiger partial charge in [0.05, 0.1) is 6.10 Å². The van der Waals surface area contributed by atoms with Crippen molar-refractivity contribution in [2.45, 2.75) is 50.1 Å². The number of hydrogen-bond acceptors (Lipinski definition) is 5. The molecule has 1 fully saturated rings. The van der Waals surface area contributed by atoms with E-state index in [4.69, 9.17) is 10.5 Å². The maximum Gasteiger partial charge on any atom is 0.250 e. The van der Waals surface area contributed by atoms with E-state index in [-0.39, 0.29) is 17.6 Å². The first kappa shape index (κ1) is 15.9. The number of nitrogens with two attached hydrogens (primary N) is 1. The molecule has 1 aliphatic carbocycles. The van der Waals surface area contributed by atoms with Crippen LogP contribution in [0.3, 0.4) is 0 Å². The van der Waals surface area contributed by atoms with Gasteiger partial charge in [-0.1, -0.05) is 13.8 Å². The van der Waals surface area contributed by atoms with Gasteiger partial charge >= 0.3 is 0 Å². The van der Waals surface area contributed by atoms with Gasteiger partial charge in [-0.2, -0.15) is 0 Å². The first-order valence-corrected chi connectivity index (χ1v) is 9.09. The van der Waals surface area contributed by atoms with E-state index >= 15 is 0 Å². The largest absolute Gasteiger partial charge is 0.378 e. The molecule has 3 N–H and O–H groups in total. The van der Waals surface area contributed by atoms with Crippen molar-refractivity contribution in [1.82, 2.24) is 4.72 Å². The lowest BCUT2D eigenvalue weighted by molar-refractivity contribution is -0.108. The average molecular weight is 318 g/mol. The summed E-state index contributed by atoms with van der Waals surface area (Å²) in [6.45, 7) is 7.02. The molecular weight excluding hydrogens is 296 g/mol. The topological polar surface area (TPSA) is 81.4 Å². The second-order valence-electron chi connectivity index (χ2n) is 5.65. The predicted octanol–water partition coefficient (Wildman–Crippen LogP) is 1.69. The fourth-order valence-corrected chi connectivity index (χ4v) is 5.06. The average Bonchev–Trinajstić information content (AvgIpc) is 2.87. The Kier molecular flexibility index (Phi) is 4.56. The Morgan fingerprint density at radius 2 is 2.25 bits per heavy atom. The van der Waals surface area contributed by atoms with Crippen LogP contribution in [0, 0.1) is 5.41 Å². The molecule has 2 unspecified atom stereocenters. The van der Waals surface area contributed by atoms with Gasteiger partial charge in [0.2, 0.25) is 10.0 Å². The quantitative estimate of drug-likeness (QED) is 0.836. The van der Waals surface area contributed by atoms with Crippen LogP contribution in [0.5, 0.6) is 0 Å². The predicted molar refractivity (Wildman–Crippen MR) is 80.1 cm³/mol. The molecule has 0 aliphatic heterocycles. The highest BCUT2D eigenvalue weighted by Crippen LogP contribution is 2.43. The molecule has 20 heavy (non-hydrogen) atoms. The van der Waals surface area contributed by atoms with Crippen LogP contribution in [0.1, 0.15) is 32.8 Å². The summed E-state index contributed by atoms with van der Waals surface area (Å²) in [5, 5.41) is 1.78. The van der Waals surface area contributed by atoms with Crippen molar-refractivity contribution in [3.8, 4) is 0 Å². The molecule has 5 nitrogen and oxygen atoms in total. The number of rotatable bonds is 6. The third kappa shape index (κ3) is 2.92. The van der Waals surface area contributed by atoms with Crippen molar-refractivity contribution in [3.05, 3.63) is 17.0 Å². The molecule has 0 spiro atoms. The molecule has 0 amide bonds. The van der Waals surface area contributed by atoms with Gasteiger partial charge in [-0.25, -0.2) is 13.1 Å². The lowest BCUT2D eigenvalue weighted by Gasteiger charge is -2.51. The maximum atomic E-state index is 12.3. The zero-order valence-corrected chi connectivity index (χ0v) is 13.7. The van der Waals surface area contributed by atoms with Crippen LogP contribution < -0.4 is 10.5 Å². The molecule has 1 aromatic heterocycles. The fourth-order valence-electron chi connectivity index (χ4n) is 2.42. The Balaban J connectivity index is 2.07. The van der Waals surface area contributed by atoms with Gasteiger partial charge in [-0.05, 0) is 30.4 Å². The minimum absolute atomic E-state index is 0.0903. The molecule has 114 valence electrons. The lowest BCUT2D eigenvalue weighted by atomic mass is 9.65. The minimum Gasteiger partial charge on any atom is -0.378 e. The Labute approximate surface area is 124 Å². The molecule has 1 heterocycles. The Bertz CT molecular complexity index is 566. The van der Waals surface area contributed by atoms with Gasteiger partial charge in [-0.3, -0.25) is 0 Å². The Morgan fingerprint density at radius 1 is 1.55 bits per heavy atom. The minimum atomic E-state index is -3.46. The van der Waals surface area contributed by atoms with E-state index in [0.29, 0.717) is 17.4 Å². The number of thiophene rings is 1. The van der Waals surface area contributed by atoms with Crippen molar-refractivity contribution in [2.75, 3.05) is 6.61 Å². The first-order chi connectivity index (χ1) is 9.31. The monoisotopic (exact) mass is 318 g/mol. The van der Waals surface area contributed by atoms with E-state index < -0.39 is 10.0 Å². The van der Waals surface area contributed by atoms with Crippen LogP contribution in [-0.2, 0) is 21.3 Å². The Morgan fingerprint density at radius 3 is 2.75 bits per heavy atom. The Hall–Kier alpha value is -0.470. The van der Waals surface area contributed by atoms with Crippen LogP contribution in [0.15, 0.2) is 15.7 Å². The van der Waals surface area contributed by atoms with Crippen molar-refractivity contribution in [1.29, 1.82) is 0 Å². The van der Waals surface area contributed by atoms with Crippen molar-refractivity contribution in [2.24, 2.45) is 11.1 Å². The third-order valence-electron chi connectivity index (χ3n) is 3.97. The highest BCUT2D eigenvalue weighted by molar-refractivity contribution is 7.91. The molecule has 0 radical (unpaired) electrons. The highest BCUT2D eigenvalue weighted by Gasteiger charge is 2.50. The van der Waals surface area contributed by atoms with E-state index in [2.05, 4.69) is 4.72 Å². The van der Waals surface area contributed by atoms with Gasteiger partial charge in [0.1, 0.15) is 4.21 Å². The summed E-state index contributed by atoms with van der Waals surface area (Å²) in [4.78, 5) is 0. The summed E-state index contributed by atoms with van der Waals surface area (Å²) < 4.78 is 33.4. The summed E-state index contributed by atoms with van der Waals surface area (Å²) >= 11 is 1.21. The van der Waals surface area contributed by atoms with E-state index in [1.54, 1.807) is 11.4 Å². The maximum absolute atomic E-state index is 12.3. The van der Waals surface area contributed by atoms with E-state index in [9.17, 15) is 8.42 Å². The van der Waals surface area contributed by atoms with Gasteiger partial charge in [-0.15, -0.1) is 11.3 Å². The van der Waals surface area contributed by atoms with Crippen LogP contribution in [0.2, 0.25) is 0 Å². The zero-order chi connectivity index (χ0) is 15.0. The van der Waals surface area contributed by atoms with Gasteiger partial charge < -0.3 is 10.5 Å². The first-order valence-electron chi connectivity index (χ1n) is 6.72. The number of hydrogen-bond donors (Lipinski definition) is 2. The summed E-state index contributed by atoms with van der Waals surface area (Å²) in [5.41, 5.74) is 6.17. The van der Waals surface area contributed by atoms with Gasteiger partial charge in [0, 0.05) is 24.6 Å². The second-order valence-corrected chi connectivity index (χ2v) is 8.51. The molecule has 1 aliphatic rings. The van der Waals surface area contributed by atoms with Crippen molar-refractivity contribution in [3.63, 3.8) is 0 Å². The lowest BCUT2D eigenvalue weighted by Crippen LogP contribution is -2.61. The SMILES string of the molecule is CCOC1CC(NS(=O)(=O)c2cc(CN)cs2)C1(C)C. The van der Waals surface area contributed by atoms with Crippen LogP contribution >= 0.6 is 11.3 Å². The van der Waals surface area contributed by atoms with Crippen LogP contribution in [0.4, 0.5) is 0 Å². The highest BCUT2D eigenvalue weighted by atomic mass is 32.2. The molecule has 0 aromatic carbocycles. The molecule has 0 saturated heterocycles. The number of sulfonamides is 1. The summed E-state index contributed by atoms with van der Waals surface area (Å²) in [6.07, 6.45) is 0.831. The molecule has 2 atom stereocenters. The molecular formula is C13H22N2O3S2. The third-order valence-corrected chi connectivity index (χ3v) is 6.93. The number of ether oxygens (including phenoxy) is 1. The summed E-state index contributed by atoms with van der Waals surface area (Å²) in [7, 11) is -3.46. The fraction of sp³-hybridized carbons (Fsp3) is 0.692. The molecule has 2 rings (SSSR count). The van der Waals surface area contributed by atoms with Crippen molar-refractivity contribution >= 4 is 21.4 Å². The van der Waals surface area contributed by atoms with Crippen molar-refractivity contribution < 1.29 is 13.2 Å². The van der Waals surface area contributed by atoms with E-state index in [1.165, 1.54) is 11.3 Å². The van der Waals surface area contributed by atoms with Crippen LogP contribution in [-0.4, -0.2) is 27.2 Å². The standard InChI is InChI=1S/C13H22N2O3S2/c1-4-18-11-6-10(13(11,2)3)15-20(16,17)12-5-9(7-14)8-19-12/h5,8,10-11,15H,4,6-7,14H2,1-3H3.